The third-order valence-corrected chi connectivity index (χ3v) is 2.53. The van der Waals surface area contributed by atoms with Crippen LogP contribution in [0.4, 0.5) is 0 Å². The van der Waals surface area contributed by atoms with E-state index in [9.17, 15) is 9.90 Å². The van der Waals surface area contributed by atoms with Crippen LogP contribution in [0, 0.1) is 0 Å². The Bertz CT molecular complexity index is 587. The highest BCUT2D eigenvalue weighted by Gasteiger charge is 2.08. The van der Waals surface area contributed by atoms with Gasteiger partial charge in [0, 0.05) is 12.7 Å². The number of hydrogen-bond acceptors (Lipinski definition) is 5. The number of fused-ring (bicyclic) bond motifs is 1. The van der Waals surface area contributed by atoms with Gasteiger partial charge in [0.15, 0.2) is 0 Å². The number of unbranched alkanes of at least 4 members (excludes halogenated alkanes) is 1. The van der Waals surface area contributed by atoms with E-state index >= 15 is 0 Å². The fourth-order valence-electron chi connectivity index (χ4n) is 1.62. The third kappa shape index (κ3) is 2.62. The first-order valence-electron chi connectivity index (χ1n) is 5.72. The highest BCUT2D eigenvalue weighted by atomic mass is 16.5. The van der Waals surface area contributed by atoms with Gasteiger partial charge in [0.05, 0.1) is 12.0 Å². The number of hydrogen-bond donors (Lipinski definition) is 2. The normalized spacial score (nSPS) is 10.7. The molecule has 2 rings (SSSR count). The molecule has 0 atom stereocenters. The molecule has 96 valence electrons. The molecule has 2 N–H and O–H groups in total. The molecule has 1 aromatic heterocycles. The van der Waals surface area contributed by atoms with Gasteiger partial charge in [-0.3, -0.25) is 0 Å². The van der Waals surface area contributed by atoms with Gasteiger partial charge in [0.25, 0.3) is 0 Å². The maximum absolute atomic E-state index is 11.2. The van der Waals surface area contributed by atoms with Crippen LogP contribution >= 0.6 is 0 Å². The molecule has 0 aliphatic heterocycles. The van der Waals surface area contributed by atoms with Gasteiger partial charge in [-0.15, -0.1) is 0 Å². The van der Waals surface area contributed by atoms with E-state index in [-0.39, 0.29) is 6.61 Å². The molecule has 0 fully saturated rings. The molecule has 0 spiro atoms. The maximum Gasteiger partial charge on any atom is 0.378 e. The monoisotopic (exact) mass is 250 g/mol. The molecule has 0 aliphatic carbocycles. The topological polar surface area (TPSA) is 79.9 Å². The number of aliphatic hydroxyl groups is 1. The second kappa shape index (κ2) is 5.55. The van der Waals surface area contributed by atoms with Crippen LogP contribution in [-0.4, -0.2) is 23.4 Å². The maximum atomic E-state index is 11.2. The molecule has 0 amide bonds. The van der Waals surface area contributed by atoms with Crippen molar-refractivity contribution in [2.24, 2.45) is 0 Å². The lowest BCUT2D eigenvalue weighted by Gasteiger charge is -2.08. The van der Waals surface area contributed by atoms with Crippen molar-refractivity contribution in [3.8, 4) is 11.5 Å². The van der Waals surface area contributed by atoms with Crippen molar-refractivity contribution >= 4 is 11.0 Å². The van der Waals surface area contributed by atoms with Gasteiger partial charge in [-0.1, -0.05) is 6.07 Å². The van der Waals surface area contributed by atoms with Crippen molar-refractivity contribution in [3.05, 3.63) is 34.7 Å². The Kier molecular flexibility index (Phi) is 3.84. The number of aromatic hydroxyl groups is 1. The average molecular weight is 250 g/mol. The van der Waals surface area contributed by atoms with E-state index in [2.05, 4.69) is 0 Å². The van der Waals surface area contributed by atoms with E-state index in [0.29, 0.717) is 29.7 Å². The van der Waals surface area contributed by atoms with Gasteiger partial charge < -0.3 is 19.4 Å². The van der Waals surface area contributed by atoms with Crippen molar-refractivity contribution in [2.45, 2.75) is 12.8 Å². The summed E-state index contributed by atoms with van der Waals surface area (Å²) in [7, 11) is 0. The van der Waals surface area contributed by atoms with E-state index in [4.69, 9.17) is 14.3 Å². The van der Waals surface area contributed by atoms with Crippen molar-refractivity contribution in [3.63, 3.8) is 0 Å². The lowest BCUT2D eigenvalue weighted by Crippen LogP contribution is -2.01. The molecule has 5 heteroatoms. The Morgan fingerprint density at radius 1 is 1.28 bits per heavy atom. The highest BCUT2D eigenvalue weighted by Crippen LogP contribution is 2.26. The van der Waals surface area contributed by atoms with Gasteiger partial charge in [-0.05, 0) is 25.0 Å². The van der Waals surface area contributed by atoms with Crippen LogP contribution in [0.5, 0.6) is 11.5 Å². The largest absolute Gasteiger partial charge is 0.502 e. The van der Waals surface area contributed by atoms with Crippen LogP contribution in [0.25, 0.3) is 11.0 Å². The van der Waals surface area contributed by atoms with Crippen LogP contribution in [0.3, 0.4) is 0 Å². The van der Waals surface area contributed by atoms with Crippen molar-refractivity contribution in [1.29, 1.82) is 0 Å². The molecule has 18 heavy (non-hydrogen) atoms. The predicted molar refractivity (Wildman–Crippen MR) is 66.0 cm³/mol. The van der Waals surface area contributed by atoms with E-state index < -0.39 is 11.4 Å². The van der Waals surface area contributed by atoms with Gasteiger partial charge in [0.1, 0.15) is 11.3 Å². The summed E-state index contributed by atoms with van der Waals surface area (Å²) >= 11 is 0. The quantitative estimate of drug-likeness (QED) is 0.623. The molecule has 0 aliphatic rings. The molecular weight excluding hydrogens is 236 g/mol. The zero-order valence-electron chi connectivity index (χ0n) is 9.76. The molecule has 0 saturated heterocycles. The number of aliphatic hydroxyl groups excluding tert-OH is 1. The Balaban J connectivity index is 2.27. The van der Waals surface area contributed by atoms with Crippen LogP contribution in [0.1, 0.15) is 12.8 Å². The Morgan fingerprint density at radius 3 is 2.89 bits per heavy atom. The lowest BCUT2D eigenvalue weighted by molar-refractivity contribution is 0.254. The zero-order valence-corrected chi connectivity index (χ0v) is 9.76. The molecule has 0 bridgehead atoms. The van der Waals surface area contributed by atoms with E-state index in [1.165, 1.54) is 6.07 Å². The first-order chi connectivity index (χ1) is 8.72. The first-order valence-corrected chi connectivity index (χ1v) is 5.72. The Morgan fingerprint density at radius 2 is 2.11 bits per heavy atom. The average Bonchev–Trinajstić information content (AvgIpc) is 2.36. The molecule has 1 heterocycles. The summed E-state index contributed by atoms with van der Waals surface area (Å²) in [6, 6.07) is 6.42. The van der Waals surface area contributed by atoms with Crippen molar-refractivity contribution in [1.82, 2.24) is 0 Å². The fourth-order valence-corrected chi connectivity index (χ4v) is 1.62. The van der Waals surface area contributed by atoms with E-state index in [0.717, 1.165) is 6.42 Å². The van der Waals surface area contributed by atoms with Crippen LogP contribution in [-0.2, 0) is 0 Å². The van der Waals surface area contributed by atoms with E-state index in [1.54, 1.807) is 18.2 Å². The summed E-state index contributed by atoms with van der Waals surface area (Å²) in [5.41, 5.74) is -0.391. The SMILES string of the molecule is O=c1oc2cccc(OCCCCO)c2cc1O. The highest BCUT2D eigenvalue weighted by molar-refractivity contribution is 5.84. The molecule has 0 unspecified atom stereocenters. The summed E-state index contributed by atoms with van der Waals surface area (Å²) in [6.07, 6.45) is 1.40. The number of benzene rings is 1. The summed E-state index contributed by atoms with van der Waals surface area (Å²) < 4.78 is 10.5. The molecular formula is C13H14O5. The molecule has 5 nitrogen and oxygen atoms in total. The van der Waals surface area contributed by atoms with Crippen molar-refractivity contribution < 1.29 is 19.4 Å². The predicted octanol–water partition coefficient (Wildman–Crippen LogP) is 1.65. The minimum atomic E-state index is -0.764. The summed E-state index contributed by atoms with van der Waals surface area (Å²) in [5, 5.41) is 18.6. The lowest BCUT2D eigenvalue weighted by atomic mass is 10.2. The van der Waals surface area contributed by atoms with Crippen LogP contribution in [0.15, 0.2) is 33.5 Å². The second-order valence-electron chi connectivity index (χ2n) is 3.87. The van der Waals surface area contributed by atoms with Gasteiger partial charge in [-0.25, -0.2) is 4.79 Å². The van der Waals surface area contributed by atoms with E-state index in [1.807, 2.05) is 0 Å². The third-order valence-electron chi connectivity index (χ3n) is 2.53. The van der Waals surface area contributed by atoms with Crippen LogP contribution in [0.2, 0.25) is 0 Å². The smallest absolute Gasteiger partial charge is 0.378 e. The molecule has 0 radical (unpaired) electrons. The minimum Gasteiger partial charge on any atom is -0.502 e. The standard InChI is InChI=1S/C13H14O5/c14-6-1-2-7-17-11-4-3-5-12-9(11)8-10(15)13(16)18-12/h3-5,8,14-15H,1-2,6-7H2. The minimum absolute atomic E-state index is 0.133. The Labute approximate surface area is 103 Å². The Hall–Kier alpha value is -2.01. The molecule has 0 saturated carbocycles. The van der Waals surface area contributed by atoms with Crippen LogP contribution < -0.4 is 10.4 Å². The van der Waals surface area contributed by atoms with Crippen molar-refractivity contribution in [2.75, 3.05) is 13.2 Å². The zero-order chi connectivity index (χ0) is 13.0. The summed E-state index contributed by atoms with van der Waals surface area (Å²) in [4.78, 5) is 11.2. The second-order valence-corrected chi connectivity index (χ2v) is 3.87. The van der Waals surface area contributed by atoms with Gasteiger partial charge >= 0.3 is 5.63 Å². The fraction of sp³-hybridized carbons (Fsp3) is 0.308. The summed E-state index contributed by atoms with van der Waals surface area (Å²) in [6.45, 7) is 0.591. The number of ether oxygens (including phenoxy) is 1. The first kappa shape index (κ1) is 12.4. The van der Waals surface area contributed by atoms with Gasteiger partial charge in [-0.2, -0.15) is 0 Å². The number of rotatable bonds is 5. The summed E-state index contributed by atoms with van der Waals surface area (Å²) in [5.74, 6) is 0.110. The molecule has 1 aromatic carbocycles. The van der Waals surface area contributed by atoms with Gasteiger partial charge in [0.2, 0.25) is 5.75 Å². The molecule has 2 aromatic rings.